The molecular formula is C29H28N2O6. The Morgan fingerprint density at radius 3 is 2.30 bits per heavy atom. The number of imide groups is 2. The third-order valence-electron chi connectivity index (χ3n) is 5.74. The molecule has 0 radical (unpaired) electrons. The fraction of sp³-hybridized carbons (Fsp3) is 0.207. The van der Waals surface area contributed by atoms with E-state index < -0.39 is 17.8 Å². The van der Waals surface area contributed by atoms with E-state index >= 15 is 0 Å². The van der Waals surface area contributed by atoms with Crippen molar-refractivity contribution in [3.05, 3.63) is 89.0 Å². The van der Waals surface area contributed by atoms with Gasteiger partial charge in [-0.1, -0.05) is 36.4 Å². The van der Waals surface area contributed by atoms with E-state index in [9.17, 15) is 14.4 Å². The number of anilines is 1. The number of urea groups is 1. The van der Waals surface area contributed by atoms with Gasteiger partial charge in [0.2, 0.25) is 0 Å². The summed E-state index contributed by atoms with van der Waals surface area (Å²) in [6.45, 7) is 4.35. The Balaban J connectivity index is 1.73. The zero-order chi connectivity index (χ0) is 26.4. The maximum absolute atomic E-state index is 13.5. The summed E-state index contributed by atoms with van der Waals surface area (Å²) in [6, 6.07) is 19.3. The van der Waals surface area contributed by atoms with E-state index in [1.165, 1.54) is 6.08 Å². The standard InChI is InChI=1S/C29H28N2O6/c1-4-36-22-12-14-26(37-5-2)24(18-22)31-28(33)23(27(32)30-29(31)34)17-20-11-13-25(35-3)21(16-20)15-19-9-7-6-8-10-19/h6-14,16-18H,4-5,15H2,1-3H3,(H,30,32,34)/b23-17+. The minimum Gasteiger partial charge on any atom is -0.496 e. The molecule has 3 aromatic rings. The van der Waals surface area contributed by atoms with Crippen molar-refractivity contribution in [2.24, 2.45) is 0 Å². The quantitative estimate of drug-likeness (QED) is 0.337. The van der Waals surface area contributed by atoms with Crippen molar-refractivity contribution < 1.29 is 28.6 Å². The second kappa shape index (κ2) is 11.4. The highest BCUT2D eigenvalue weighted by Crippen LogP contribution is 2.35. The molecule has 8 heteroatoms. The van der Waals surface area contributed by atoms with Crippen molar-refractivity contribution in [2.45, 2.75) is 20.3 Å². The number of nitrogens with zero attached hydrogens (tertiary/aromatic N) is 1. The van der Waals surface area contributed by atoms with Gasteiger partial charge in [-0.3, -0.25) is 14.9 Å². The number of benzene rings is 3. The number of carbonyl (C=O) groups is 3. The highest BCUT2D eigenvalue weighted by Gasteiger charge is 2.38. The van der Waals surface area contributed by atoms with Crippen molar-refractivity contribution in [3.8, 4) is 17.2 Å². The molecule has 1 saturated heterocycles. The molecule has 1 heterocycles. The maximum Gasteiger partial charge on any atom is 0.336 e. The molecule has 3 aromatic carbocycles. The Morgan fingerprint density at radius 2 is 1.59 bits per heavy atom. The molecule has 0 atom stereocenters. The molecule has 0 spiro atoms. The van der Waals surface area contributed by atoms with Gasteiger partial charge in [0.1, 0.15) is 22.8 Å². The largest absolute Gasteiger partial charge is 0.496 e. The second-order valence-corrected chi connectivity index (χ2v) is 8.19. The SMILES string of the molecule is CCOc1ccc(OCC)c(N2C(=O)NC(=O)/C(=C\c3ccc(OC)c(Cc4ccccc4)c3)C2=O)c1. The van der Waals surface area contributed by atoms with Crippen LogP contribution < -0.4 is 24.4 Å². The van der Waals surface area contributed by atoms with Gasteiger partial charge < -0.3 is 14.2 Å². The van der Waals surface area contributed by atoms with Crippen molar-refractivity contribution in [1.29, 1.82) is 0 Å². The Morgan fingerprint density at radius 1 is 0.865 bits per heavy atom. The molecule has 1 aliphatic rings. The van der Waals surface area contributed by atoms with Gasteiger partial charge in [-0.2, -0.15) is 0 Å². The summed E-state index contributed by atoms with van der Waals surface area (Å²) in [4.78, 5) is 40.0. The molecular weight excluding hydrogens is 472 g/mol. The van der Waals surface area contributed by atoms with Crippen LogP contribution in [0.25, 0.3) is 6.08 Å². The molecule has 0 aromatic heterocycles. The van der Waals surface area contributed by atoms with E-state index in [-0.39, 0.29) is 11.3 Å². The van der Waals surface area contributed by atoms with E-state index in [1.807, 2.05) is 43.3 Å². The molecule has 37 heavy (non-hydrogen) atoms. The average molecular weight is 501 g/mol. The topological polar surface area (TPSA) is 94.2 Å². The van der Waals surface area contributed by atoms with E-state index in [1.54, 1.807) is 44.4 Å². The zero-order valence-corrected chi connectivity index (χ0v) is 20.9. The average Bonchev–Trinajstić information content (AvgIpc) is 2.89. The molecule has 1 fully saturated rings. The summed E-state index contributed by atoms with van der Waals surface area (Å²) in [6.07, 6.45) is 2.07. The lowest BCUT2D eigenvalue weighted by Gasteiger charge is -2.28. The first-order chi connectivity index (χ1) is 17.9. The smallest absolute Gasteiger partial charge is 0.336 e. The highest BCUT2D eigenvalue weighted by molar-refractivity contribution is 6.39. The van der Waals surface area contributed by atoms with Gasteiger partial charge in [-0.05, 0) is 60.9 Å². The number of hydrogen-bond donors (Lipinski definition) is 1. The van der Waals surface area contributed by atoms with Gasteiger partial charge in [-0.15, -0.1) is 0 Å². The van der Waals surface area contributed by atoms with Gasteiger partial charge in [0.15, 0.2) is 0 Å². The van der Waals surface area contributed by atoms with Gasteiger partial charge in [-0.25, -0.2) is 9.69 Å². The van der Waals surface area contributed by atoms with Gasteiger partial charge in [0.05, 0.1) is 26.0 Å². The number of methoxy groups -OCH3 is 1. The molecule has 4 amide bonds. The van der Waals surface area contributed by atoms with Gasteiger partial charge >= 0.3 is 6.03 Å². The Kier molecular flexibility index (Phi) is 7.88. The van der Waals surface area contributed by atoms with Gasteiger partial charge in [0, 0.05) is 12.5 Å². The number of carbonyl (C=O) groups excluding carboxylic acids is 3. The van der Waals surface area contributed by atoms with Crippen LogP contribution >= 0.6 is 0 Å². The van der Waals surface area contributed by atoms with Crippen LogP contribution in [0.3, 0.4) is 0 Å². The number of nitrogens with one attached hydrogen (secondary N) is 1. The fourth-order valence-electron chi connectivity index (χ4n) is 4.09. The van der Waals surface area contributed by atoms with Crippen LogP contribution in [0.4, 0.5) is 10.5 Å². The van der Waals surface area contributed by atoms with E-state index in [0.29, 0.717) is 42.4 Å². The van der Waals surface area contributed by atoms with E-state index in [2.05, 4.69) is 5.32 Å². The molecule has 0 saturated carbocycles. The fourth-order valence-corrected chi connectivity index (χ4v) is 4.09. The zero-order valence-electron chi connectivity index (χ0n) is 20.9. The summed E-state index contributed by atoms with van der Waals surface area (Å²) in [5, 5.41) is 2.26. The molecule has 0 aliphatic carbocycles. The van der Waals surface area contributed by atoms with Crippen molar-refractivity contribution >= 4 is 29.6 Å². The van der Waals surface area contributed by atoms with E-state index in [0.717, 1.165) is 16.0 Å². The molecule has 0 bridgehead atoms. The first kappa shape index (κ1) is 25.5. The third-order valence-corrected chi connectivity index (χ3v) is 5.74. The summed E-state index contributed by atoms with van der Waals surface area (Å²) in [7, 11) is 1.59. The summed E-state index contributed by atoms with van der Waals surface area (Å²) in [5.74, 6) is -0.0619. The Hall–Kier alpha value is -4.59. The van der Waals surface area contributed by atoms with Crippen LogP contribution in [0.2, 0.25) is 0 Å². The van der Waals surface area contributed by atoms with Crippen molar-refractivity contribution in [2.75, 3.05) is 25.2 Å². The first-order valence-corrected chi connectivity index (χ1v) is 12.0. The van der Waals surface area contributed by atoms with Crippen LogP contribution in [0.5, 0.6) is 17.2 Å². The molecule has 4 rings (SSSR count). The number of hydrogen-bond acceptors (Lipinski definition) is 6. The van der Waals surface area contributed by atoms with Crippen LogP contribution in [0, 0.1) is 0 Å². The van der Waals surface area contributed by atoms with Crippen molar-refractivity contribution in [3.63, 3.8) is 0 Å². The minimum atomic E-state index is -0.860. The van der Waals surface area contributed by atoms with Crippen molar-refractivity contribution in [1.82, 2.24) is 5.32 Å². The van der Waals surface area contributed by atoms with E-state index in [4.69, 9.17) is 14.2 Å². The number of barbiturate groups is 1. The monoisotopic (exact) mass is 500 g/mol. The van der Waals surface area contributed by atoms with Crippen LogP contribution in [0.1, 0.15) is 30.5 Å². The molecule has 1 aliphatic heterocycles. The van der Waals surface area contributed by atoms with Crippen LogP contribution in [0.15, 0.2) is 72.3 Å². The second-order valence-electron chi connectivity index (χ2n) is 8.19. The minimum absolute atomic E-state index is 0.181. The lowest BCUT2D eigenvalue weighted by Crippen LogP contribution is -2.54. The molecule has 190 valence electrons. The molecule has 1 N–H and O–H groups in total. The summed E-state index contributed by atoms with van der Waals surface area (Å²) < 4.78 is 16.7. The maximum atomic E-state index is 13.5. The van der Waals surface area contributed by atoms with Crippen LogP contribution in [-0.4, -0.2) is 38.2 Å². The lowest BCUT2D eigenvalue weighted by molar-refractivity contribution is -0.122. The number of rotatable bonds is 9. The summed E-state index contributed by atoms with van der Waals surface area (Å²) in [5.41, 5.74) is 2.61. The molecule has 0 unspecified atom stereocenters. The first-order valence-electron chi connectivity index (χ1n) is 12.0. The number of amides is 4. The normalized spacial score (nSPS) is 14.5. The molecule has 8 nitrogen and oxygen atoms in total. The predicted octanol–water partition coefficient (Wildman–Crippen LogP) is 4.75. The van der Waals surface area contributed by atoms with Crippen LogP contribution in [-0.2, 0) is 16.0 Å². The summed E-state index contributed by atoms with van der Waals surface area (Å²) >= 11 is 0. The predicted molar refractivity (Wildman–Crippen MR) is 140 cm³/mol. The number of ether oxygens (including phenoxy) is 3. The third kappa shape index (κ3) is 5.64. The highest BCUT2D eigenvalue weighted by atomic mass is 16.5. The lowest BCUT2D eigenvalue weighted by atomic mass is 10.00. The van der Waals surface area contributed by atoms with Gasteiger partial charge in [0.25, 0.3) is 11.8 Å². The Labute approximate surface area is 215 Å². The Bertz CT molecular complexity index is 1350.